The summed E-state index contributed by atoms with van der Waals surface area (Å²) in [6.07, 6.45) is 4.06. The largest absolute Gasteiger partial charge is 0.373 e. The average molecular weight is 408 g/mol. The van der Waals surface area contributed by atoms with Crippen molar-refractivity contribution in [3.8, 4) is 0 Å². The minimum absolute atomic E-state index is 0.0664. The Hall–Kier alpha value is -2.96. The number of carbonyl (C=O) groups excluding carboxylic acids is 2. The van der Waals surface area contributed by atoms with E-state index in [1.807, 2.05) is 47.2 Å². The lowest BCUT2D eigenvalue weighted by molar-refractivity contribution is -0.134. The van der Waals surface area contributed by atoms with E-state index in [1.54, 1.807) is 6.92 Å². The highest BCUT2D eigenvalue weighted by Crippen LogP contribution is 2.32. The number of carbonyl (C=O) groups is 2. The second-order valence-electron chi connectivity index (χ2n) is 8.06. The topological polar surface area (TPSA) is 78.4 Å². The van der Waals surface area contributed by atoms with Gasteiger partial charge in [-0.3, -0.25) is 9.59 Å². The standard InChI is InChI=1S/C23H29N5O2/c1-16(29)27-13-11-19-18(15-27)22(24-2)26-23(25-19)20-10-6-7-12-28(20)21(30)14-17-8-4-3-5-9-17/h3-5,8-9,20H,6-7,10-15H2,1-2H3,(H,24,25,26)/t20-/m1/s1. The highest BCUT2D eigenvalue weighted by molar-refractivity contribution is 5.79. The van der Waals surface area contributed by atoms with Crippen LogP contribution in [0.1, 0.15) is 54.9 Å². The minimum atomic E-state index is -0.0989. The van der Waals surface area contributed by atoms with E-state index in [-0.39, 0.29) is 17.9 Å². The number of rotatable bonds is 4. The van der Waals surface area contributed by atoms with Crippen LogP contribution in [0.4, 0.5) is 5.82 Å². The third-order valence-electron chi connectivity index (χ3n) is 6.08. The van der Waals surface area contributed by atoms with Gasteiger partial charge in [0.25, 0.3) is 0 Å². The maximum atomic E-state index is 13.1. The molecule has 158 valence electrons. The fourth-order valence-electron chi connectivity index (χ4n) is 4.43. The van der Waals surface area contributed by atoms with Crippen LogP contribution in [0.15, 0.2) is 30.3 Å². The minimum Gasteiger partial charge on any atom is -0.373 e. The second-order valence-corrected chi connectivity index (χ2v) is 8.06. The van der Waals surface area contributed by atoms with Crippen molar-refractivity contribution in [2.24, 2.45) is 0 Å². The smallest absolute Gasteiger partial charge is 0.227 e. The Morgan fingerprint density at radius 1 is 1.13 bits per heavy atom. The first kappa shape index (κ1) is 20.3. The van der Waals surface area contributed by atoms with Gasteiger partial charge in [-0.15, -0.1) is 0 Å². The van der Waals surface area contributed by atoms with Crippen LogP contribution in [0.25, 0.3) is 0 Å². The third-order valence-corrected chi connectivity index (χ3v) is 6.08. The zero-order chi connectivity index (χ0) is 21.1. The predicted octanol–water partition coefficient (Wildman–Crippen LogP) is 2.72. The fourth-order valence-corrected chi connectivity index (χ4v) is 4.43. The molecule has 0 unspecified atom stereocenters. The molecule has 2 aromatic rings. The number of hydrogen-bond acceptors (Lipinski definition) is 5. The van der Waals surface area contributed by atoms with E-state index >= 15 is 0 Å². The lowest BCUT2D eigenvalue weighted by atomic mass is 9.99. The van der Waals surface area contributed by atoms with Gasteiger partial charge in [0.05, 0.1) is 24.7 Å². The van der Waals surface area contributed by atoms with E-state index < -0.39 is 0 Å². The number of amides is 2. The van der Waals surface area contributed by atoms with Gasteiger partial charge in [0.15, 0.2) is 5.82 Å². The van der Waals surface area contributed by atoms with Crippen LogP contribution < -0.4 is 5.32 Å². The number of fused-ring (bicyclic) bond motifs is 1. The van der Waals surface area contributed by atoms with Gasteiger partial charge in [0.1, 0.15) is 5.82 Å². The second kappa shape index (κ2) is 8.81. The molecule has 0 aliphatic carbocycles. The van der Waals surface area contributed by atoms with Crippen LogP contribution >= 0.6 is 0 Å². The number of likely N-dealkylation sites (tertiary alicyclic amines) is 1. The molecule has 1 aromatic carbocycles. The number of aromatic nitrogens is 2. The van der Waals surface area contributed by atoms with Gasteiger partial charge < -0.3 is 15.1 Å². The number of piperidine rings is 1. The Bertz CT molecular complexity index is 913. The van der Waals surface area contributed by atoms with Gasteiger partial charge in [-0.05, 0) is 24.8 Å². The molecule has 1 fully saturated rings. The normalized spacial score (nSPS) is 18.7. The van der Waals surface area contributed by atoms with Crippen molar-refractivity contribution < 1.29 is 9.59 Å². The molecule has 2 aliphatic heterocycles. The number of hydrogen-bond donors (Lipinski definition) is 1. The summed E-state index contributed by atoms with van der Waals surface area (Å²) in [5, 5.41) is 3.19. The van der Waals surface area contributed by atoms with Crippen molar-refractivity contribution in [2.45, 2.75) is 51.6 Å². The number of nitrogens with one attached hydrogen (secondary N) is 1. The summed E-state index contributed by atoms with van der Waals surface area (Å²) in [5.74, 6) is 1.68. The summed E-state index contributed by atoms with van der Waals surface area (Å²) in [7, 11) is 1.85. The zero-order valence-electron chi connectivity index (χ0n) is 17.7. The highest BCUT2D eigenvalue weighted by atomic mass is 16.2. The molecule has 4 rings (SSSR count). The van der Waals surface area contributed by atoms with Crippen molar-refractivity contribution >= 4 is 17.6 Å². The number of nitrogens with zero attached hydrogens (tertiary/aromatic N) is 4. The number of anilines is 1. The van der Waals surface area contributed by atoms with Crippen LogP contribution in [0, 0.1) is 0 Å². The Kier molecular flexibility index (Phi) is 5.97. The van der Waals surface area contributed by atoms with E-state index in [2.05, 4.69) is 5.32 Å². The van der Waals surface area contributed by atoms with E-state index in [4.69, 9.17) is 9.97 Å². The first-order valence-corrected chi connectivity index (χ1v) is 10.7. The monoisotopic (exact) mass is 407 g/mol. The molecule has 2 amide bonds. The Morgan fingerprint density at radius 2 is 1.93 bits per heavy atom. The van der Waals surface area contributed by atoms with Gasteiger partial charge >= 0.3 is 0 Å². The summed E-state index contributed by atoms with van der Waals surface area (Å²) >= 11 is 0. The van der Waals surface area contributed by atoms with Gasteiger partial charge in [0.2, 0.25) is 11.8 Å². The Morgan fingerprint density at radius 3 is 2.67 bits per heavy atom. The van der Waals surface area contributed by atoms with Crippen LogP contribution in [-0.4, -0.2) is 51.7 Å². The maximum absolute atomic E-state index is 13.1. The molecule has 30 heavy (non-hydrogen) atoms. The molecule has 3 heterocycles. The molecular formula is C23H29N5O2. The van der Waals surface area contributed by atoms with Gasteiger partial charge in [-0.2, -0.15) is 0 Å². The molecule has 1 N–H and O–H groups in total. The van der Waals surface area contributed by atoms with Crippen molar-refractivity contribution in [1.82, 2.24) is 19.8 Å². The summed E-state index contributed by atoms with van der Waals surface area (Å²) in [6, 6.07) is 9.78. The maximum Gasteiger partial charge on any atom is 0.227 e. The predicted molar refractivity (Wildman–Crippen MR) is 115 cm³/mol. The van der Waals surface area contributed by atoms with E-state index in [0.29, 0.717) is 25.9 Å². The lowest BCUT2D eigenvalue weighted by Gasteiger charge is -2.36. The Balaban J connectivity index is 1.61. The van der Waals surface area contributed by atoms with E-state index in [9.17, 15) is 9.59 Å². The van der Waals surface area contributed by atoms with Crippen molar-refractivity contribution in [1.29, 1.82) is 0 Å². The molecule has 1 saturated heterocycles. The van der Waals surface area contributed by atoms with Crippen LogP contribution in [-0.2, 0) is 29.0 Å². The molecular weight excluding hydrogens is 378 g/mol. The van der Waals surface area contributed by atoms with Gasteiger partial charge in [-0.1, -0.05) is 30.3 Å². The molecule has 1 atom stereocenters. The lowest BCUT2D eigenvalue weighted by Crippen LogP contribution is -2.41. The van der Waals surface area contributed by atoms with Crippen LogP contribution in [0.2, 0.25) is 0 Å². The van der Waals surface area contributed by atoms with E-state index in [0.717, 1.165) is 54.3 Å². The molecule has 0 bridgehead atoms. The summed E-state index contributed by atoms with van der Waals surface area (Å²) in [4.78, 5) is 38.4. The SMILES string of the molecule is CNc1nc([C@H]2CCCCN2C(=O)Cc2ccccc2)nc2c1CN(C(C)=O)CC2. The molecule has 1 aromatic heterocycles. The average Bonchev–Trinajstić information content (AvgIpc) is 2.78. The number of benzene rings is 1. The van der Waals surface area contributed by atoms with Gasteiger partial charge in [-0.25, -0.2) is 9.97 Å². The quantitative estimate of drug-likeness (QED) is 0.843. The molecule has 2 aliphatic rings. The van der Waals surface area contributed by atoms with Crippen molar-refractivity contribution in [2.75, 3.05) is 25.5 Å². The first-order valence-electron chi connectivity index (χ1n) is 10.7. The summed E-state index contributed by atoms with van der Waals surface area (Å²) in [6.45, 7) is 3.53. The molecule has 0 radical (unpaired) electrons. The molecule has 7 heteroatoms. The van der Waals surface area contributed by atoms with Crippen molar-refractivity contribution in [3.63, 3.8) is 0 Å². The molecule has 0 spiro atoms. The first-order chi connectivity index (χ1) is 14.6. The molecule has 7 nitrogen and oxygen atoms in total. The van der Waals surface area contributed by atoms with Crippen LogP contribution in [0.3, 0.4) is 0 Å². The summed E-state index contributed by atoms with van der Waals surface area (Å²) in [5.41, 5.74) is 3.00. The zero-order valence-corrected chi connectivity index (χ0v) is 17.7. The fraction of sp³-hybridized carbons (Fsp3) is 0.478. The summed E-state index contributed by atoms with van der Waals surface area (Å²) < 4.78 is 0. The van der Waals surface area contributed by atoms with Gasteiger partial charge in [0, 0.05) is 39.0 Å². The molecule has 0 saturated carbocycles. The Labute approximate surface area is 177 Å². The van der Waals surface area contributed by atoms with Crippen molar-refractivity contribution in [3.05, 3.63) is 53.0 Å². The van der Waals surface area contributed by atoms with E-state index in [1.165, 1.54) is 0 Å². The third kappa shape index (κ3) is 4.15. The van der Waals surface area contributed by atoms with Crippen LogP contribution in [0.5, 0.6) is 0 Å². The highest BCUT2D eigenvalue weighted by Gasteiger charge is 2.32.